The van der Waals surface area contributed by atoms with Gasteiger partial charge in [0.1, 0.15) is 0 Å². The number of hydrogen-bond acceptors (Lipinski definition) is 1. The summed E-state index contributed by atoms with van der Waals surface area (Å²) in [6, 6.07) is 2.02. The Morgan fingerprint density at radius 3 is 2.71 bits per heavy atom. The molecule has 2 heteroatoms. The van der Waals surface area contributed by atoms with E-state index in [1.165, 1.54) is 0 Å². The minimum atomic E-state index is 0.917. The average Bonchev–Trinajstić information content (AvgIpc) is 2.45. The summed E-state index contributed by atoms with van der Waals surface area (Å²) < 4.78 is 1.84. The van der Waals surface area contributed by atoms with Gasteiger partial charge in [-0.1, -0.05) is 12.0 Å². The summed E-state index contributed by atoms with van der Waals surface area (Å²) in [5.74, 6) is 2.51. The van der Waals surface area contributed by atoms with Gasteiger partial charge in [-0.2, -0.15) is 5.10 Å². The van der Waals surface area contributed by atoms with Crippen LogP contribution in [0, 0.1) is 26.2 Å². The van der Waals surface area contributed by atoms with Crippen molar-refractivity contribution < 1.29 is 0 Å². The van der Waals surface area contributed by atoms with Gasteiger partial charge in [0, 0.05) is 11.8 Å². The molecular weight excluding hydrogens is 172 g/mol. The highest BCUT2D eigenvalue weighted by Crippen LogP contribution is 2.10. The lowest BCUT2D eigenvalue weighted by atomic mass is 10.3. The summed E-state index contributed by atoms with van der Waals surface area (Å²) in [6.45, 7) is 5.93. The predicted molar refractivity (Wildman–Crippen MR) is 59.6 cm³/mol. The first-order valence-electron chi connectivity index (χ1n) is 4.51. The van der Waals surface area contributed by atoms with Crippen molar-refractivity contribution in [1.82, 2.24) is 9.78 Å². The molecule has 0 aromatic carbocycles. The number of terminal acetylenes is 1. The van der Waals surface area contributed by atoms with E-state index in [0.717, 1.165) is 17.1 Å². The van der Waals surface area contributed by atoms with Gasteiger partial charge in [-0.25, -0.2) is 4.68 Å². The van der Waals surface area contributed by atoms with Gasteiger partial charge in [0.15, 0.2) is 0 Å². The molecule has 0 spiro atoms. The Morgan fingerprint density at radius 1 is 1.57 bits per heavy atom. The van der Waals surface area contributed by atoms with Crippen molar-refractivity contribution in [2.45, 2.75) is 20.8 Å². The Hall–Kier alpha value is -1.75. The van der Waals surface area contributed by atoms with E-state index < -0.39 is 0 Å². The first-order chi connectivity index (χ1) is 6.69. The van der Waals surface area contributed by atoms with Crippen LogP contribution < -0.4 is 0 Å². The zero-order valence-electron chi connectivity index (χ0n) is 8.78. The molecule has 14 heavy (non-hydrogen) atoms. The number of allylic oxidation sites excluding steroid dienone is 4. The third kappa shape index (κ3) is 2.14. The Bertz CT molecular complexity index is 414. The number of nitrogens with zero attached hydrogens (tertiary/aromatic N) is 2. The highest BCUT2D eigenvalue weighted by atomic mass is 15.3. The number of aromatic nitrogens is 2. The molecule has 0 saturated carbocycles. The normalized spacial score (nSPS) is 12.0. The molecule has 1 rings (SSSR count). The second-order valence-corrected chi connectivity index (χ2v) is 3.07. The molecule has 2 nitrogen and oxygen atoms in total. The Balaban J connectivity index is 3.19. The van der Waals surface area contributed by atoms with Gasteiger partial charge in [0.25, 0.3) is 0 Å². The van der Waals surface area contributed by atoms with Crippen LogP contribution in [0.4, 0.5) is 0 Å². The largest absolute Gasteiger partial charge is 0.237 e. The van der Waals surface area contributed by atoms with Crippen molar-refractivity contribution in [3.05, 3.63) is 35.7 Å². The van der Waals surface area contributed by atoms with Crippen molar-refractivity contribution in [2.75, 3.05) is 0 Å². The Morgan fingerprint density at radius 2 is 2.29 bits per heavy atom. The molecule has 1 heterocycles. The van der Waals surface area contributed by atoms with Crippen LogP contribution in [0.3, 0.4) is 0 Å². The molecule has 0 aliphatic rings. The topological polar surface area (TPSA) is 17.8 Å². The van der Waals surface area contributed by atoms with Gasteiger partial charge in [-0.3, -0.25) is 0 Å². The minimum absolute atomic E-state index is 0.917. The SMILES string of the molecule is C#C/C=C(\C=C/C)n1nc(C)cc1C. The maximum atomic E-state index is 5.25. The van der Waals surface area contributed by atoms with E-state index in [9.17, 15) is 0 Å². The Labute approximate surface area is 84.9 Å². The highest BCUT2D eigenvalue weighted by molar-refractivity contribution is 5.60. The van der Waals surface area contributed by atoms with E-state index in [1.807, 2.05) is 43.7 Å². The van der Waals surface area contributed by atoms with Crippen LogP contribution >= 0.6 is 0 Å². The average molecular weight is 186 g/mol. The number of hydrogen-bond donors (Lipinski definition) is 0. The fourth-order valence-corrected chi connectivity index (χ4v) is 1.33. The molecule has 0 unspecified atom stereocenters. The molecule has 0 aliphatic carbocycles. The first-order valence-corrected chi connectivity index (χ1v) is 4.51. The lowest BCUT2D eigenvalue weighted by Gasteiger charge is -2.03. The van der Waals surface area contributed by atoms with Crippen molar-refractivity contribution >= 4 is 5.70 Å². The summed E-state index contributed by atoms with van der Waals surface area (Å²) in [6.07, 6.45) is 10.8. The standard InChI is InChI=1S/C12H14N2/c1-5-7-12(8-6-2)14-11(4)9-10(3)13-14/h1,6-9H,2-4H3/b8-6-,12-7+. The zero-order chi connectivity index (χ0) is 10.6. The third-order valence-corrected chi connectivity index (χ3v) is 1.82. The summed E-state index contributed by atoms with van der Waals surface area (Å²) in [4.78, 5) is 0. The highest BCUT2D eigenvalue weighted by Gasteiger charge is 2.02. The van der Waals surface area contributed by atoms with E-state index in [2.05, 4.69) is 11.0 Å². The fraction of sp³-hybridized carbons (Fsp3) is 0.250. The van der Waals surface area contributed by atoms with Crippen LogP contribution in [0.5, 0.6) is 0 Å². The summed E-state index contributed by atoms with van der Waals surface area (Å²) >= 11 is 0. The number of rotatable bonds is 2. The van der Waals surface area contributed by atoms with Gasteiger partial charge in [-0.05, 0) is 32.9 Å². The molecule has 1 aromatic heterocycles. The maximum Gasteiger partial charge on any atom is 0.0728 e. The molecule has 0 N–H and O–H groups in total. The van der Waals surface area contributed by atoms with Crippen molar-refractivity contribution in [3.8, 4) is 12.3 Å². The molecule has 72 valence electrons. The molecule has 0 amide bonds. The molecule has 0 atom stereocenters. The first kappa shape index (κ1) is 10.3. The molecular formula is C12H14N2. The molecule has 0 aliphatic heterocycles. The molecule has 0 fully saturated rings. The van der Waals surface area contributed by atoms with Crippen molar-refractivity contribution in [1.29, 1.82) is 0 Å². The minimum Gasteiger partial charge on any atom is -0.237 e. The van der Waals surface area contributed by atoms with Crippen LogP contribution in [-0.4, -0.2) is 9.78 Å². The van der Waals surface area contributed by atoms with E-state index in [4.69, 9.17) is 6.42 Å². The third-order valence-electron chi connectivity index (χ3n) is 1.82. The van der Waals surface area contributed by atoms with Crippen molar-refractivity contribution in [2.24, 2.45) is 0 Å². The smallest absolute Gasteiger partial charge is 0.0728 e. The van der Waals surface area contributed by atoms with E-state index in [1.54, 1.807) is 6.08 Å². The summed E-state index contributed by atoms with van der Waals surface area (Å²) in [5, 5.41) is 4.35. The van der Waals surface area contributed by atoms with E-state index in [0.29, 0.717) is 0 Å². The zero-order valence-corrected chi connectivity index (χ0v) is 8.78. The monoisotopic (exact) mass is 186 g/mol. The quantitative estimate of drug-likeness (QED) is 0.512. The van der Waals surface area contributed by atoms with Gasteiger partial charge in [-0.15, -0.1) is 6.42 Å². The van der Waals surface area contributed by atoms with Gasteiger partial charge in [0.05, 0.1) is 11.4 Å². The number of aryl methyl sites for hydroxylation is 2. The second kappa shape index (κ2) is 4.48. The Kier molecular flexibility index (Phi) is 3.30. The maximum absolute atomic E-state index is 5.25. The van der Waals surface area contributed by atoms with Crippen LogP contribution in [-0.2, 0) is 0 Å². The summed E-state index contributed by atoms with van der Waals surface area (Å²) in [5.41, 5.74) is 3.00. The van der Waals surface area contributed by atoms with E-state index >= 15 is 0 Å². The van der Waals surface area contributed by atoms with E-state index in [-0.39, 0.29) is 0 Å². The molecule has 1 aromatic rings. The summed E-state index contributed by atoms with van der Waals surface area (Å²) in [7, 11) is 0. The fourth-order valence-electron chi connectivity index (χ4n) is 1.33. The van der Waals surface area contributed by atoms with Gasteiger partial charge < -0.3 is 0 Å². The molecule has 0 saturated heterocycles. The lowest BCUT2D eigenvalue weighted by Crippen LogP contribution is -1.99. The lowest BCUT2D eigenvalue weighted by molar-refractivity contribution is 0.859. The molecule has 0 radical (unpaired) electrons. The van der Waals surface area contributed by atoms with Crippen LogP contribution in [0.25, 0.3) is 5.70 Å². The second-order valence-electron chi connectivity index (χ2n) is 3.07. The predicted octanol–water partition coefficient (Wildman–Crippen LogP) is 2.55. The van der Waals surface area contributed by atoms with Gasteiger partial charge in [0.2, 0.25) is 0 Å². The van der Waals surface area contributed by atoms with Crippen LogP contribution in [0.2, 0.25) is 0 Å². The van der Waals surface area contributed by atoms with Crippen LogP contribution in [0.1, 0.15) is 18.3 Å². The van der Waals surface area contributed by atoms with Crippen LogP contribution in [0.15, 0.2) is 24.3 Å². The molecule has 0 bridgehead atoms. The van der Waals surface area contributed by atoms with Crippen molar-refractivity contribution in [3.63, 3.8) is 0 Å². The van der Waals surface area contributed by atoms with Gasteiger partial charge >= 0.3 is 0 Å².